The normalized spacial score (nSPS) is 15.9. The van der Waals surface area contributed by atoms with Gasteiger partial charge in [0, 0.05) is 12.2 Å². The van der Waals surface area contributed by atoms with Crippen LogP contribution in [0.2, 0.25) is 0 Å². The first kappa shape index (κ1) is 8.77. The number of rotatable bonds is 2. The molecule has 0 unspecified atom stereocenters. The fourth-order valence-electron chi connectivity index (χ4n) is 1.97. The summed E-state index contributed by atoms with van der Waals surface area (Å²) in [5.74, 6) is 1.06. The van der Waals surface area contributed by atoms with E-state index in [2.05, 4.69) is 40.0 Å². The van der Waals surface area contributed by atoms with Gasteiger partial charge in [-0.05, 0) is 38.8 Å². The molecule has 0 radical (unpaired) electrons. The van der Waals surface area contributed by atoms with Crippen molar-refractivity contribution in [2.75, 3.05) is 5.32 Å². The molecule has 1 aliphatic carbocycles. The predicted octanol–water partition coefficient (Wildman–Crippen LogP) is 2.53. The van der Waals surface area contributed by atoms with E-state index < -0.39 is 0 Å². The molecule has 0 aliphatic heterocycles. The Morgan fingerprint density at radius 3 is 2.87 bits per heavy atom. The van der Waals surface area contributed by atoms with Crippen LogP contribution in [0.5, 0.6) is 0 Å². The molecular weight excluding hydrogens is 186 g/mol. The number of fused-ring (bicyclic) bond motifs is 1. The van der Waals surface area contributed by atoms with E-state index in [1.807, 2.05) is 6.92 Å². The van der Waals surface area contributed by atoms with Gasteiger partial charge in [0.15, 0.2) is 0 Å². The van der Waals surface area contributed by atoms with Crippen LogP contribution in [0.3, 0.4) is 0 Å². The minimum absolute atomic E-state index is 0.701. The number of nitrogens with one attached hydrogen (secondary N) is 1. The number of pyridine rings is 1. The second kappa shape index (κ2) is 2.99. The molecule has 1 N–H and O–H groups in total. The Bertz CT molecular complexity index is 509. The summed E-state index contributed by atoms with van der Waals surface area (Å²) in [6, 6.07) is 4.98. The van der Waals surface area contributed by atoms with Crippen molar-refractivity contribution >= 4 is 11.2 Å². The van der Waals surface area contributed by atoms with Gasteiger partial charge in [0.25, 0.3) is 0 Å². The highest BCUT2D eigenvalue weighted by atomic mass is 15.0. The third-order valence-electron chi connectivity index (χ3n) is 2.95. The van der Waals surface area contributed by atoms with Crippen molar-refractivity contribution in [2.24, 2.45) is 0 Å². The maximum absolute atomic E-state index is 4.46. The van der Waals surface area contributed by atoms with Crippen LogP contribution in [-0.2, 0) is 0 Å². The van der Waals surface area contributed by atoms with Crippen LogP contribution in [-0.4, -0.2) is 15.4 Å². The Morgan fingerprint density at radius 1 is 1.33 bits per heavy atom. The van der Waals surface area contributed by atoms with E-state index in [1.54, 1.807) is 0 Å². The Hall–Kier alpha value is -1.51. The molecule has 1 aliphatic rings. The Morgan fingerprint density at radius 2 is 2.13 bits per heavy atom. The average molecular weight is 201 g/mol. The smallest absolute Gasteiger partial charge is 0.110 e. The van der Waals surface area contributed by atoms with E-state index in [0.29, 0.717) is 6.04 Å². The Kier molecular flexibility index (Phi) is 1.75. The van der Waals surface area contributed by atoms with Crippen molar-refractivity contribution in [3.63, 3.8) is 0 Å². The van der Waals surface area contributed by atoms with Gasteiger partial charge in [0.05, 0.1) is 16.9 Å². The van der Waals surface area contributed by atoms with Crippen LogP contribution in [0.25, 0.3) is 5.52 Å². The highest BCUT2D eigenvalue weighted by molar-refractivity contribution is 5.58. The van der Waals surface area contributed by atoms with Crippen LogP contribution in [0, 0.1) is 13.8 Å². The zero-order chi connectivity index (χ0) is 10.4. The first-order chi connectivity index (χ1) is 7.24. The van der Waals surface area contributed by atoms with E-state index in [9.17, 15) is 0 Å². The van der Waals surface area contributed by atoms with Gasteiger partial charge < -0.3 is 9.72 Å². The first-order valence-electron chi connectivity index (χ1n) is 5.46. The van der Waals surface area contributed by atoms with Gasteiger partial charge in [-0.1, -0.05) is 0 Å². The SMILES string of the molecule is Cc1nc(C)n2cc(NC3CC3)ccc12. The van der Waals surface area contributed by atoms with Gasteiger partial charge in [-0.3, -0.25) is 0 Å². The van der Waals surface area contributed by atoms with Crippen molar-refractivity contribution in [1.29, 1.82) is 0 Å². The van der Waals surface area contributed by atoms with Crippen LogP contribution in [0.1, 0.15) is 24.4 Å². The summed E-state index contributed by atoms with van der Waals surface area (Å²) in [5, 5.41) is 3.50. The monoisotopic (exact) mass is 201 g/mol. The summed E-state index contributed by atoms with van der Waals surface area (Å²) in [6.45, 7) is 4.09. The minimum Gasteiger partial charge on any atom is -0.381 e. The fourth-order valence-corrected chi connectivity index (χ4v) is 1.97. The molecular formula is C12H15N3. The van der Waals surface area contributed by atoms with Crippen LogP contribution < -0.4 is 5.32 Å². The lowest BCUT2D eigenvalue weighted by Crippen LogP contribution is -2.02. The summed E-state index contributed by atoms with van der Waals surface area (Å²) >= 11 is 0. The molecule has 1 fully saturated rings. The van der Waals surface area contributed by atoms with Crippen molar-refractivity contribution in [1.82, 2.24) is 9.38 Å². The van der Waals surface area contributed by atoms with Gasteiger partial charge in [-0.15, -0.1) is 0 Å². The molecule has 2 heterocycles. The van der Waals surface area contributed by atoms with Gasteiger partial charge in [-0.25, -0.2) is 4.98 Å². The Labute approximate surface area is 89.1 Å². The molecule has 3 nitrogen and oxygen atoms in total. The number of anilines is 1. The van der Waals surface area contributed by atoms with E-state index in [1.165, 1.54) is 24.0 Å². The molecule has 3 heteroatoms. The second-order valence-electron chi connectivity index (χ2n) is 4.34. The van der Waals surface area contributed by atoms with Crippen molar-refractivity contribution in [2.45, 2.75) is 32.7 Å². The second-order valence-corrected chi connectivity index (χ2v) is 4.34. The first-order valence-corrected chi connectivity index (χ1v) is 5.46. The summed E-state index contributed by atoms with van der Waals surface area (Å²) in [6.07, 6.45) is 4.75. The van der Waals surface area contributed by atoms with Gasteiger partial charge in [-0.2, -0.15) is 0 Å². The lowest BCUT2D eigenvalue weighted by molar-refractivity contribution is 1.03. The topological polar surface area (TPSA) is 29.3 Å². The largest absolute Gasteiger partial charge is 0.381 e. The molecule has 3 rings (SSSR count). The number of aromatic nitrogens is 2. The third-order valence-corrected chi connectivity index (χ3v) is 2.95. The van der Waals surface area contributed by atoms with Crippen molar-refractivity contribution in [3.8, 4) is 0 Å². The quantitative estimate of drug-likeness (QED) is 0.809. The van der Waals surface area contributed by atoms with Crippen molar-refractivity contribution in [3.05, 3.63) is 29.8 Å². The summed E-state index contributed by atoms with van der Waals surface area (Å²) < 4.78 is 2.15. The highest BCUT2D eigenvalue weighted by Gasteiger charge is 2.20. The third kappa shape index (κ3) is 1.48. The van der Waals surface area contributed by atoms with E-state index in [0.717, 1.165) is 11.5 Å². The average Bonchev–Trinajstić information content (AvgIpc) is 2.96. The number of nitrogens with zero attached hydrogens (tertiary/aromatic N) is 2. The van der Waals surface area contributed by atoms with E-state index in [-0.39, 0.29) is 0 Å². The summed E-state index contributed by atoms with van der Waals surface area (Å²) in [4.78, 5) is 4.46. The molecule has 1 saturated carbocycles. The van der Waals surface area contributed by atoms with Gasteiger partial charge in [0.1, 0.15) is 5.82 Å². The molecule has 2 aromatic heterocycles. The summed E-state index contributed by atoms with van der Waals surface area (Å²) in [7, 11) is 0. The van der Waals surface area contributed by atoms with Gasteiger partial charge >= 0.3 is 0 Å². The van der Waals surface area contributed by atoms with Crippen LogP contribution >= 0.6 is 0 Å². The standard InChI is InChI=1S/C12H15N3/c1-8-12-6-5-11(14-10-3-4-10)7-15(12)9(2)13-8/h5-7,10,14H,3-4H2,1-2H3. The maximum atomic E-state index is 4.46. The molecule has 78 valence electrons. The number of aryl methyl sites for hydroxylation is 2. The maximum Gasteiger partial charge on any atom is 0.110 e. The van der Waals surface area contributed by atoms with Gasteiger partial charge in [0.2, 0.25) is 0 Å². The highest BCUT2D eigenvalue weighted by Crippen LogP contribution is 2.25. The van der Waals surface area contributed by atoms with Crippen molar-refractivity contribution < 1.29 is 0 Å². The van der Waals surface area contributed by atoms with Crippen LogP contribution in [0.4, 0.5) is 5.69 Å². The predicted molar refractivity (Wildman–Crippen MR) is 61.3 cm³/mol. The molecule has 0 amide bonds. The molecule has 15 heavy (non-hydrogen) atoms. The van der Waals surface area contributed by atoms with E-state index >= 15 is 0 Å². The number of hydrogen-bond donors (Lipinski definition) is 1. The molecule has 2 aromatic rings. The zero-order valence-corrected chi connectivity index (χ0v) is 9.12. The lowest BCUT2D eigenvalue weighted by Gasteiger charge is -2.05. The summed E-state index contributed by atoms with van der Waals surface area (Å²) in [5.41, 5.74) is 3.50. The number of imidazole rings is 1. The number of hydrogen-bond acceptors (Lipinski definition) is 2. The lowest BCUT2D eigenvalue weighted by atomic mass is 10.3. The van der Waals surface area contributed by atoms with Crippen LogP contribution in [0.15, 0.2) is 18.3 Å². The zero-order valence-electron chi connectivity index (χ0n) is 9.12. The Balaban J connectivity index is 2.07. The molecule has 0 bridgehead atoms. The molecule has 0 atom stereocenters. The minimum atomic E-state index is 0.701. The molecule has 0 spiro atoms. The van der Waals surface area contributed by atoms with E-state index in [4.69, 9.17) is 0 Å². The molecule has 0 saturated heterocycles. The molecule has 0 aromatic carbocycles. The fraction of sp³-hybridized carbons (Fsp3) is 0.417.